The maximum absolute atomic E-state index is 12.3. The van der Waals surface area contributed by atoms with Gasteiger partial charge in [0, 0.05) is 12.0 Å². The van der Waals surface area contributed by atoms with E-state index in [1.54, 1.807) is 0 Å². The molecule has 0 spiro atoms. The summed E-state index contributed by atoms with van der Waals surface area (Å²) in [6, 6.07) is 0. The second-order valence-corrected chi connectivity index (χ2v) is 6.99. The normalized spacial score (nSPS) is 23.7. The van der Waals surface area contributed by atoms with Gasteiger partial charge in [0.1, 0.15) is 0 Å². The van der Waals surface area contributed by atoms with Crippen LogP contribution in [-0.4, -0.2) is 18.0 Å². The summed E-state index contributed by atoms with van der Waals surface area (Å²) in [5, 5.41) is 3.23. The number of carbonyl (C=O) groups excluding carboxylic acids is 1. The zero-order valence-corrected chi connectivity index (χ0v) is 11.9. The summed E-state index contributed by atoms with van der Waals surface area (Å²) in [4.78, 5) is 12.3. The Balaban J connectivity index is 1.88. The number of hydrogen-bond acceptors (Lipinski definition) is 2. The maximum Gasteiger partial charge on any atom is 0.221 e. The van der Waals surface area contributed by atoms with E-state index < -0.39 is 0 Å². The van der Waals surface area contributed by atoms with E-state index in [9.17, 15) is 4.79 Å². The summed E-state index contributed by atoms with van der Waals surface area (Å²) in [7, 11) is 0. The Labute approximate surface area is 111 Å². The lowest BCUT2D eigenvalue weighted by Crippen LogP contribution is -2.48. The molecule has 2 rings (SSSR count). The Morgan fingerprint density at radius 1 is 1.28 bits per heavy atom. The van der Waals surface area contributed by atoms with Crippen molar-refractivity contribution in [1.82, 2.24) is 5.32 Å². The predicted molar refractivity (Wildman–Crippen MR) is 74.1 cm³/mol. The third-order valence-electron chi connectivity index (χ3n) is 4.94. The molecule has 2 aliphatic carbocycles. The minimum absolute atomic E-state index is 0.0263. The van der Waals surface area contributed by atoms with Gasteiger partial charge in [-0.05, 0) is 57.4 Å². The van der Waals surface area contributed by atoms with Gasteiger partial charge in [-0.1, -0.05) is 19.3 Å². The van der Waals surface area contributed by atoms with Crippen LogP contribution in [0.3, 0.4) is 0 Å². The van der Waals surface area contributed by atoms with Crippen LogP contribution in [0.5, 0.6) is 0 Å². The number of amides is 1. The highest BCUT2D eigenvalue weighted by Crippen LogP contribution is 2.41. The first kappa shape index (κ1) is 13.9. The summed E-state index contributed by atoms with van der Waals surface area (Å²) in [5.74, 6) is 0.890. The molecule has 0 aromatic heterocycles. The smallest absolute Gasteiger partial charge is 0.221 e. The molecule has 0 bridgehead atoms. The van der Waals surface area contributed by atoms with E-state index in [2.05, 4.69) is 19.2 Å². The van der Waals surface area contributed by atoms with Gasteiger partial charge in [0.05, 0.1) is 0 Å². The average molecular weight is 252 g/mol. The fraction of sp³-hybridized carbons (Fsp3) is 0.933. The predicted octanol–water partition coefficient (Wildman–Crippen LogP) is 2.59. The highest BCUT2D eigenvalue weighted by atomic mass is 16.1. The molecule has 0 atom stereocenters. The molecule has 0 aromatic carbocycles. The quantitative estimate of drug-likeness (QED) is 0.790. The second-order valence-electron chi connectivity index (χ2n) is 6.99. The Hall–Kier alpha value is -0.570. The van der Waals surface area contributed by atoms with E-state index in [0.29, 0.717) is 18.9 Å². The lowest BCUT2D eigenvalue weighted by atomic mass is 9.71. The fourth-order valence-electron chi connectivity index (χ4n) is 3.41. The van der Waals surface area contributed by atoms with Gasteiger partial charge in [0.25, 0.3) is 0 Å². The largest absolute Gasteiger partial charge is 0.351 e. The van der Waals surface area contributed by atoms with Crippen LogP contribution >= 0.6 is 0 Å². The van der Waals surface area contributed by atoms with E-state index in [1.807, 2.05) is 0 Å². The highest BCUT2D eigenvalue weighted by Gasteiger charge is 2.40. The average Bonchev–Trinajstić information content (AvgIpc) is 3.13. The maximum atomic E-state index is 12.3. The Morgan fingerprint density at radius 2 is 1.89 bits per heavy atom. The first-order chi connectivity index (χ1) is 8.47. The van der Waals surface area contributed by atoms with Crippen molar-refractivity contribution in [1.29, 1.82) is 0 Å². The molecule has 0 radical (unpaired) electrons. The van der Waals surface area contributed by atoms with E-state index in [0.717, 1.165) is 12.8 Å². The second kappa shape index (κ2) is 5.20. The molecule has 3 N–H and O–H groups in total. The van der Waals surface area contributed by atoms with Crippen LogP contribution in [0, 0.1) is 11.3 Å². The molecule has 0 aliphatic heterocycles. The van der Waals surface area contributed by atoms with Crippen molar-refractivity contribution in [3.8, 4) is 0 Å². The molecular formula is C15H28N2O. The summed E-state index contributed by atoms with van der Waals surface area (Å²) in [6.07, 6.45) is 9.16. The minimum atomic E-state index is -0.0263. The summed E-state index contributed by atoms with van der Waals surface area (Å²) in [6.45, 7) is 4.96. The number of nitrogens with one attached hydrogen (secondary N) is 1. The fourth-order valence-corrected chi connectivity index (χ4v) is 3.41. The van der Waals surface area contributed by atoms with Crippen molar-refractivity contribution in [3.63, 3.8) is 0 Å². The minimum Gasteiger partial charge on any atom is -0.351 e. The van der Waals surface area contributed by atoms with Crippen LogP contribution < -0.4 is 11.1 Å². The van der Waals surface area contributed by atoms with Crippen LogP contribution in [0.2, 0.25) is 0 Å². The number of rotatable bonds is 5. The molecule has 2 saturated carbocycles. The Morgan fingerprint density at radius 3 is 2.39 bits per heavy atom. The van der Waals surface area contributed by atoms with Crippen LogP contribution in [-0.2, 0) is 4.79 Å². The van der Waals surface area contributed by atoms with E-state index in [4.69, 9.17) is 5.73 Å². The Bertz CT molecular complexity index is 302. The summed E-state index contributed by atoms with van der Waals surface area (Å²) < 4.78 is 0. The third kappa shape index (κ3) is 3.25. The monoisotopic (exact) mass is 252 g/mol. The first-order valence-corrected chi connectivity index (χ1v) is 7.49. The standard InChI is InChI=1S/C15H28N2O/c1-14(2,12-6-7-12)17-13(18)10-15(11-16)8-4-3-5-9-15/h12H,3-11,16H2,1-2H3,(H,17,18). The third-order valence-corrected chi connectivity index (χ3v) is 4.94. The van der Waals surface area contributed by atoms with E-state index in [1.165, 1.54) is 32.1 Å². The molecule has 3 nitrogen and oxygen atoms in total. The van der Waals surface area contributed by atoms with Crippen molar-refractivity contribution in [2.24, 2.45) is 17.1 Å². The molecule has 1 amide bonds. The van der Waals surface area contributed by atoms with E-state index >= 15 is 0 Å². The van der Waals surface area contributed by atoms with Crippen LogP contribution in [0.1, 0.15) is 65.2 Å². The Kier molecular flexibility index (Phi) is 4.00. The molecule has 0 aromatic rings. The molecule has 18 heavy (non-hydrogen) atoms. The van der Waals surface area contributed by atoms with E-state index in [-0.39, 0.29) is 16.9 Å². The lowest BCUT2D eigenvalue weighted by Gasteiger charge is -2.37. The molecule has 0 heterocycles. The number of carbonyl (C=O) groups is 1. The summed E-state index contributed by atoms with van der Waals surface area (Å²) >= 11 is 0. The molecule has 0 unspecified atom stereocenters. The van der Waals surface area contributed by atoms with Gasteiger partial charge in [-0.25, -0.2) is 0 Å². The van der Waals surface area contributed by atoms with Gasteiger partial charge < -0.3 is 11.1 Å². The van der Waals surface area contributed by atoms with Gasteiger partial charge in [-0.3, -0.25) is 4.79 Å². The van der Waals surface area contributed by atoms with Crippen LogP contribution in [0.15, 0.2) is 0 Å². The van der Waals surface area contributed by atoms with Gasteiger partial charge in [-0.15, -0.1) is 0 Å². The van der Waals surface area contributed by atoms with Crippen molar-refractivity contribution < 1.29 is 4.79 Å². The van der Waals surface area contributed by atoms with Crippen molar-refractivity contribution in [3.05, 3.63) is 0 Å². The lowest BCUT2D eigenvalue weighted by molar-refractivity contribution is -0.125. The van der Waals surface area contributed by atoms with Gasteiger partial charge >= 0.3 is 0 Å². The van der Waals surface area contributed by atoms with Crippen molar-refractivity contribution in [2.45, 2.75) is 70.8 Å². The van der Waals surface area contributed by atoms with Crippen LogP contribution in [0.4, 0.5) is 0 Å². The summed E-state index contributed by atoms with van der Waals surface area (Å²) in [5.41, 5.74) is 6.00. The van der Waals surface area contributed by atoms with Gasteiger partial charge in [-0.2, -0.15) is 0 Å². The van der Waals surface area contributed by atoms with Gasteiger partial charge in [0.15, 0.2) is 0 Å². The highest BCUT2D eigenvalue weighted by molar-refractivity contribution is 5.77. The molecule has 0 saturated heterocycles. The molecule has 104 valence electrons. The van der Waals surface area contributed by atoms with Crippen LogP contribution in [0.25, 0.3) is 0 Å². The number of nitrogens with two attached hydrogens (primary N) is 1. The molecule has 2 aliphatic rings. The van der Waals surface area contributed by atoms with Crippen molar-refractivity contribution in [2.75, 3.05) is 6.54 Å². The molecule has 3 heteroatoms. The van der Waals surface area contributed by atoms with Crippen molar-refractivity contribution >= 4 is 5.91 Å². The molecular weight excluding hydrogens is 224 g/mol. The SMILES string of the molecule is CC(C)(NC(=O)CC1(CN)CCCCC1)C1CC1. The van der Waals surface area contributed by atoms with Gasteiger partial charge in [0.2, 0.25) is 5.91 Å². The zero-order valence-electron chi connectivity index (χ0n) is 11.9. The zero-order chi connectivity index (χ0) is 13.2. The molecule has 2 fully saturated rings. The number of hydrogen-bond donors (Lipinski definition) is 2. The topological polar surface area (TPSA) is 55.1 Å². The first-order valence-electron chi connectivity index (χ1n) is 7.49.